The van der Waals surface area contributed by atoms with E-state index in [1.165, 1.54) is 6.33 Å². The monoisotopic (exact) mass is 569 g/mol. The van der Waals surface area contributed by atoms with Gasteiger partial charge in [-0.2, -0.15) is 9.78 Å². The Morgan fingerprint density at radius 2 is 1.93 bits per heavy atom. The minimum atomic E-state index is -0.214. The highest BCUT2D eigenvalue weighted by Gasteiger charge is 2.54. The molecule has 0 radical (unpaired) electrons. The fourth-order valence-electron chi connectivity index (χ4n) is 6.26. The Hall–Kier alpha value is -4.28. The third-order valence-electron chi connectivity index (χ3n) is 8.13. The molecule has 1 aliphatic heterocycles. The van der Waals surface area contributed by atoms with Gasteiger partial charge in [-0.3, -0.25) is 9.48 Å². The number of rotatable bonds is 4. The molecule has 12 heteroatoms. The predicted octanol–water partition coefficient (Wildman–Crippen LogP) is 5.09. The first kappa shape index (κ1) is 23.6. The average Bonchev–Trinajstić information content (AvgIpc) is 3.26. The van der Waals surface area contributed by atoms with Crippen LogP contribution in [0.3, 0.4) is 0 Å². The first-order valence-electron chi connectivity index (χ1n) is 12.9. The van der Waals surface area contributed by atoms with Crippen molar-refractivity contribution in [1.82, 2.24) is 44.5 Å². The van der Waals surface area contributed by atoms with Crippen LogP contribution in [-0.2, 0) is 7.05 Å². The Labute approximate surface area is 237 Å². The number of aromatic amines is 1. The number of benzene rings is 2. The van der Waals surface area contributed by atoms with E-state index in [-0.39, 0.29) is 23.4 Å². The summed E-state index contributed by atoms with van der Waals surface area (Å²) in [5.74, 6) is 1.24. The van der Waals surface area contributed by atoms with Crippen molar-refractivity contribution >= 4 is 34.1 Å². The summed E-state index contributed by atoms with van der Waals surface area (Å²) in [4.78, 5) is 21.9. The molecular formula is C28H21Cl2N9O. The number of tetrazole rings is 1. The number of H-pyrrole nitrogens is 1. The maximum Gasteiger partial charge on any atom is 0.252 e. The van der Waals surface area contributed by atoms with Crippen LogP contribution in [0.4, 0.5) is 0 Å². The number of fused-ring (bicyclic) bond motifs is 4. The molecule has 5 heterocycles. The van der Waals surface area contributed by atoms with Crippen LogP contribution in [0.2, 0.25) is 10.2 Å². The second-order valence-electron chi connectivity index (χ2n) is 10.5. The molecular weight excluding hydrogens is 549 g/mol. The first-order chi connectivity index (χ1) is 19.4. The van der Waals surface area contributed by atoms with Crippen LogP contribution in [0.1, 0.15) is 35.6 Å². The average molecular weight is 570 g/mol. The standard InChI is InChI=1S/C28H21Cl2N9O/c1-13-17-5-3-14(7-22(17)37(2)34-13)25-27(30)33-28(32-25)26-20-11-19(20)23-8-15(9-24(40)39(23)26)18-10-16(29)4-6-21(18)38-12-31-35-36-38/h3-10,12,19-20,26H,11H2,1-2H3,(H,32,33). The molecule has 0 amide bonds. The Morgan fingerprint density at radius 3 is 2.75 bits per heavy atom. The lowest BCUT2D eigenvalue weighted by Gasteiger charge is -2.17. The third kappa shape index (κ3) is 3.42. The Balaban J connectivity index is 1.21. The van der Waals surface area contributed by atoms with Gasteiger partial charge in [0.15, 0.2) is 0 Å². The van der Waals surface area contributed by atoms with Crippen molar-refractivity contribution in [3.8, 4) is 28.1 Å². The lowest BCUT2D eigenvalue weighted by Crippen LogP contribution is -2.26. The van der Waals surface area contributed by atoms with E-state index in [9.17, 15) is 4.79 Å². The van der Waals surface area contributed by atoms with Crippen LogP contribution in [0.25, 0.3) is 39.0 Å². The lowest BCUT2D eigenvalue weighted by molar-refractivity contribution is 0.515. The van der Waals surface area contributed by atoms with Crippen LogP contribution in [0.5, 0.6) is 0 Å². The molecule has 198 valence electrons. The Kier molecular flexibility index (Phi) is 4.93. The topological polar surface area (TPSA) is 112 Å². The summed E-state index contributed by atoms with van der Waals surface area (Å²) in [5.41, 5.74) is 6.72. The van der Waals surface area contributed by atoms with Crippen molar-refractivity contribution in [3.05, 3.63) is 92.6 Å². The highest BCUT2D eigenvalue weighted by Crippen LogP contribution is 2.60. The molecule has 40 heavy (non-hydrogen) atoms. The fourth-order valence-corrected chi connectivity index (χ4v) is 6.68. The number of aromatic nitrogens is 9. The van der Waals surface area contributed by atoms with E-state index < -0.39 is 0 Å². The normalized spacial score (nSPS) is 19.2. The number of hydrogen-bond donors (Lipinski definition) is 1. The van der Waals surface area contributed by atoms with Gasteiger partial charge in [0.25, 0.3) is 5.56 Å². The zero-order valence-corrected chi connectivity index (χ0v) is 22.9. The summed E-state index contributed by atoms with van der Waals surface area (Å²) in [5, 5.41) is 18.2. The lowest BCUT2D eigenvalue weighted by atomic mass is 10.0. The SMILES string of the molecule is Cc1nn(C)c2cc(-c3nc(C4C5CC5c5cc(-c6cc(Cl)ccc6-n6cnnn6)cc(=O)n54)[nH]c3Cl)ccc12. The molecule has 1 aliphatic carbocycles. The first-order valence-corrected chi connectivity index (χ1v) is 13.6. The summed E-state index contributed by atoms with van der Waals surface area (Å²) in [6, 6.07) is 15.1. The summed E-state index contributed by atoms with van der Waals surface area (Å²) in [6.45, 7) is 1.99. The molecule has 8 rings (SSSR count). The highest BCUT2D eigenvalue weighted by atomic mass is 35.5. The minimum Gasteiger partial charge on any atom is -0.331 e. The minimum absolute atomic E-state index is 0.104. The summed E-state index contributed by atoms with van der Waals surface area (Å²) in [7, 11) is 1.93. The van der Waals surface area contributed by atoms with Gasteiger partial charge in [-0.1, -0.05) is 35.3 Å². The van der Waals surface area contributed by atoms with Gasteiger partial charge in [0, 0.05) is 46.3 Å². The van der Waals surface area contributed by atoms with Crippen molar-refractivity contribution in [2.75, 3.05) is 0 Å². The number of imidazole rings is 1. The van der Waals surface area contributed by atoms with Crippen LogP contribution >= 0.6 is 23.2 Å². The molecule has 6 aromatic rings. The van der Waals surface area contributed by atoms with E-state index in [1.54, 1.807) is 16.8 Å². The molecule has 2 aromatic carbocycles. The number of nitrogens with one attached hydrogen (secondary N) is 1. The van der Waals surface area contributed by atoms with E-state index in [4.69, 9.17) is 28.2 Å². The molecule has 3 unspecified atom stereocenters. The second kappa shape index (κ2) is 8.36. The van der Waals surface area contributed by atoms with Crippen LogP contribution < -0.4 is 5.56 Å². The molecule has 0 saturated heterocycles. The van der Waals surface area contributed by atoms with E-state index in [2.05, 4.69) is 37.7 Å². The van der Waals surface area contributed by atoms with E-state index in [1.807, 2.05) is 47.5 Å². The number of hydrogen-bond acceptors (Lipinski definition) is 6. The van der Waals surface area contributed by atoms with Gasteiger partial charge in [0.2, 0.25) is 0 Å². The van der Waals surface area contributed by atoms with E-state index in [0.29, 0.717) is 21.7 Å². The number of pyridine rings is 1. The van der Waals surface area contributed by atoms with E-state index >= 15 is 0 Å². The smallest absolute Gasteiger partial charge is 0.252 e. The van der Waals surface area contributed by atoms with Crippen LogP contribution in [-0.4, -0.2) is 44.5 Å². The van der Waals surface area contributed by atoms with Gasteiger partial charge in [-0.15, -0.1) is 5.10 Å². The van der Waals surface area contributed by atoms with E-state index in [0.717, 1.165) is 51.1 Å². The second-order valence-corrected chi connectivity index (χ2v) is 11.3. The van der Waals surface area contributed by atoms with Gasteiger partial charge >= 0.3 is 0 Å². The summed E-state index contributed by atoms with van der Waals surface area (Å²) >= 11 is 13.1. The largest absolute Gasteiger partial charge is 0.331 e. The van der Waals surface area contributed by atoms with Crippen LogP contribution in [0, 0.1) is 12.8 Å². The maximum absolute atomic E-state index is 13.7. The van der Waals surface area contributed by atoms with Crippen LogP contribution in [0.15, 0.2) is 59.7 Å². The van der Waals surface area contributed by atoms with Gasteiger partial charge < -0.3 is 9.55 Å². The zero-order valence-electron chi connectivity index (χ0n) is 21.4. The molecule has 3 atom stereocenters. The third-order valence-corrected chi connectivity index (χ3v) is 8.64. The van der Waals surface area contributed by atoms with Gasteiger partial charge in [-0.25, -0.2) is 4.98 Å². The summed E-state index contributed by atoms with van der Waals surface area (Å²) < 4.78 is 5.28. The van der Waals surface area contributed by atoms with Gasteiger partial charge in [-0.05, 0) is 65.6 Å². The molecule has 4 aromatic heterocycles. The molecule has 2 aliphatic rings. The molecule has 1 fully saturated rings. The molecule has 1 N–H and O–H groups in total. The number of aryl methyl sites for hydroxylation is 2. The fraction of sp³-hybridized carbons (Fsp3) is 0.214. The Bertz CT molecular complexity index is 2040. The predicted molar refractivity (Wildman–Crippen MR) is 151 cm³/mol. The maximum atomic E-state index is 13.7. The van der Waals surface area contributed by atoms with Crippen molar-refractivity contribution in [1.29, 1.82) is 0 Å². The van der Waals surface area contributed by atoms with Gasteiger partial charge in [0.05, 0.1) is 22.9 Å². The molecule has 1 saturated carbocycles. The van der Waals surface area contributed by atoms with Crippen molar-refractivity contribution in [2.24, 2.45) is 13.0 Å². The van der Waals surface area contributed by atoms with Gasteiger partial charge in [0.1, 0.15) is 23.0 Å². The van der Waals surface area contributed by atoms with Crippen molar-refractivity contribution < 1.29 is 0 Å². The quantitative estimate of drug-likeness (QED) is 0.316. The molecule has 0 spiro atoms. The van der Waals surface area contributed by atoms with Crippen molar-refractivity contribution in [2.45, 2.75) is 25.3 Å². The number of halogens is 2. The number of nitrogens with zero attached hydrogens (tertiary/aromatic N) is 8. The molecule has 10 nitrogen and oxygen atoms in total. The highest BCUT2D eigenvalue weighted by molar-refractivity contribution is 6.32. The Morgan fingerprint density at radius 1 is 1.05 bits per heavy atom. The van der Waals surface area contributed by atoms with Crippen molar-refractivity contribution in [3.63, 3.8) is 0 Å². The summed E-state index contributed by atoms with van der Waals surface area (Å²) in [6.07, 6.45) is 2.50. The zero-order chi connectivity index (χ0) is 27.3. The molecule has 0 bridgehead atoms.